The fourth-order valence-electron chi connectivity index (χ4n) is 2.95. The van der Waals surface area contributed by atoms with E-state index in [1.165, 1.54) is 0 Å². The largest absolute Gasteiger partial charge is 0.326 e. The number of pyridine rings is 1. The number of aromatic nitrogens is 1. The van der Waals surface area contributed by atoms with Crippen LogP contribution in [0.4, 0.5) is 5.69 Å². The third-order valence-electron chi connectivity index (χ3n) is 4.43. The van der Waals surface area contributed by atoms with Gasteiger partial charge in [0.05, 0.1) is 5.52 Å². The number of nitrogens with zero attached hydrogens (tertiary/aromatic N) is 2. The van der Waals surface area contributed by atoms with E-state index in [1.807, 2.05) is 67.6 Å². The molecule has 2 amide bonds. The van der Waals surface area contributed by atoms with Gasteiger partial charge in [-0.05, 0) is 37.6 Å². The van der Waals surface area contributed by atoms with Crippen LogP contribution in [0.15, 0.2) is 66.7 Å². The molecule has 2 aromatic carbocycles. The third-order valence-corrected chi connectivity index (χ3v) is 4.43. The van der Waals surface area contributed by atoms with Crippen LogP contribution >= 0.6 is 0 Å². The predicted molar refractivity (Wildman–Crippen MR) is 108 cm³/mol. The van der Waals surface area contributed by atoms with Crippen LogP contribution in [-0.2, 0) is 4.79 Å². The third kappa shape index (κ3) is 4.31. The molecule has 5 nitrogen and oxygen atoms in total. The maximum absolute atomic E-state index is 13.1. The molecule has 1 unspecified atom stereocenters. The number of hydrogen-bond donors (Lipinski definition) is 1. The SMILES string of the molecule is CCCN(C(=O)c1ccc2ccccc2n1)C(C)C(=O)Nc1ccccc1. The molecule has 1 N–H and O–H groups in total. The van der Waals surface area contributed by atoms with Gasteiger partial charge in [-0.1, -0.05) is 49.4 Å². The first kappa shape index (κ1) is 18.6. The Hall–Kier alpha value is -3.21. The number of carbonyl (C=O) groups is 2. The first-order valence-electron chi connectivity index (χ1n) is 9.13. The zero-order valence-electron chi connectivity index (χ0n) is 15.6. The number of anilines is 1. The van der Waals surface area contributed by atoms with Crippen LogP contribution in [0.5, 0.6) is 0 Å². The maximum atomic E-state index is 13.1. The van der Waals surface area contributed by atoms with Gasteiger partial charge in [-0.2, -0.15) is 0 Å². The maximum Gasteiger partial charge on any atom is 0.273 e. The molecular formula is C22H23N3O2. The second kappa shape index (κ2) is 8.45. The monoisotopic (exact) mass is 361 g/mol. The molecule has 3 rings (SSSR count). The van der Waals surface area contributed by atoms with Crippen molar-refractivity contribution in [1.29, 1.82) is 0 Å². The number of fused-ring (bicyclic) bond motifs is 1. The summed E-state index contributed by atoms with van der Waals surface area (Å²) in [5, 5.41) is 3.84. The van der Waals surface area contributed by atoms with Gasteiger partial charge in [0.15, 0.2) is 0 Å². The van der Waals surface area contributed by atoms with Crippen LogP contribution in [0, 0.1) is 0 Å². The lowest BCUT2D eigenvalue weighted by Gasteiger charge is -2.28. The number of nitrogens with one attached hydrogen (secondary N) is 1. The molecule has 3 aromatic rings. The molecule has 0 saturated heterocycles. The molecule has 0 fully saturated rings. The lowest BCUT2D eigenvalue weighted by atomic mass is 10.1. The van der Waals surface area contributed by atoms with E-state index in [1.54, 1.807) is 17.9 Å². The van der Waals surface area contributed by atoms with E-state index < -0.39 is 6.04 Å². The Bertz CT molecular complexity index is 940. The average Bonchev–Trinajstić information content (AvgIpc) is 2.71. The van der Waals surface area contributed by atoms with E-state index >= 15 is 0 Å². The van der Waals surface area contributed by atoms with Crippen molar-refractivity contribution in [3.05, 3.63) is 72.4 Å². The van der Waals surface area contributed by atoms with Crippen LogP contribution in [0.1, 0.15) is 30.8 Å². The van der Waals surface area contributed by atoms with Crippen molar-refractivity contribution < 1.29 is 9.59 Å². The first-order chi connectivity index (χ1) is 13.1. The highest BCUT2D eigenvalue weighted by molar-refractivity contribution is 6.01. The average molecular weight is 361 g/mol. The van der Waals surface area contributed by atoms with Gasteiger partial charge < -0.3 is 10.2 Å². The smallest absolute Gasteiger partial charge is 0.273 e. The molecule has 0 aliphatic heterocycles. The van der Waals surface area contributed by atoms with E-state index in [-0.39, 0.29) is 11.8 Å². The van der Waals surface area contributed by atoms with Gasteiger partial charge >= 0.3 is 0 Å². The highest BCUT2D eigenvalue weighted by atomic mass is 16.2. The molecule has 1 aromatic heterocycles. The summed E-state index contributed by atoms with van der Waals surface area (Å²) in [5.41, 5.74) is 1.82. The van der Waals surface area contributed by atoms with Crippen molar-refractivity contribution in [2.24, 2.45) is 0 Å². The van der Waals surface area contributed by atoms with Gasteiger partial charge in [0.2, 0.25) is 5.91 Å². The molecule has 5 heteroatoms. The van der Waals surface area contributed by atoms with Crippen molar-refractivity contribution in [2.75, 3.05) is 11.9 Å². The zero-order valence-corrected chi connectivity index (χ0v) is 15.6. The lowest BCUT2D eigenvalue weighted by molar-refractivity contribution is -0.120. The van der Waals surface area contributed by atoms with E-state index in [4.69, 9.17) is 0 Å². The number of amides is 2. The topological polar surface area (TPSA) is 62.3 Å². The molecule has 1 atom stereocenters. The van der Waals surface area contributed by atoms with E-state index in [2.05, 4.69) is 10.3 Å². The summed E-state index contributed by atoms with van der Waals surface area (Å²) in [6.07, 6.45) is 0.752. The second-order valence-electron chi connectivity index (χ2n) is 6.42. The number of carbonyl (C=O) groups excluding carboxylic acids is 2. The summed E-state index contributed by atoms with van der Waals surface area (Å²) in [6, 6.07) is 19.9. The van der Waals surface area contributed by atoms with Crippen LogP contribution < -0.4 is 5.32 Å². The van der Waals surface area contributed by atoms with Crippen LogP contribution in [-0.4, -0.2) is 34.3 Å². The first-order valence-corrected chi connectivity index (χ1v) is 9.13. The number of rotatable bonds is 6. The Balaban J connectivity index is 1.82. The standard InChI is InChI=1S/C22H23N3O2/c1-3-15-25(16(2)21(26)23-18-10-5-4-6-11-18)22(27)20-14-13-17-9-7-8-12-19(17)24-20/h4-14,16H,3,15H2,1-2H3,(H,23,26). The molecule has 0 saturated carbocycles. The van der Waals surface area contributed by atoms with Gasteiger partial charge in [0.1, 0.15) is 11.7 Å². The van der Waals surface area contributed by atoms with Gasteiger partial charge in [-0.25, -0.2) is 4.98 Å². The molecule has 138 valence electrons. The molecule has 0 bridgehead atoms. The molecule has 1 heterocycles. The summed E-state index contributed by atoms with van der Waals surface area (Å²) in [5.74, 6) is -0.456. The number of para-hydroxylation sites is 2. The molecule has 0 radical (unpaired) electrons. The van der Waals surface area contributed by atoms with Crippen molar-refractivity contribution in [2.45, 2.75) is 26.3 Å². The van der Waals surface area contributed by atoms with Crippen molar-refractivity contribution in [1.82, 2.24) is 9.88 Å². The Morgan fingerprint density at radius 1 is 1.00 bits per heavy atom. The highest BCUT2D eigenvalue weighted by Crippen LogP contribution is 2.15. The van der Waals surface area contributed by atoms with Crippen LogP contribution in [0.25, 0.3) is 10.9 Å². The molecule has 0 aliphatic carbocycles. The highest BCUT2D eigenvalue weighted by Gasteiger charge is 2.27. The molecular weight excluding hydrogens is 338 g/mol. The second-order valence-corrected chi connectivity index (χ2v) is 6.42. The van der Waals surface area contributed by atoms with Crippen LogP contribution in [0.3, 0.4) is 0 Å². The Labute approximate surface area is 159 Å². The summed E-state index contributed by atoms with van der Waals surface area (Å²) in [6.45, 7) is 4.21. The van der Waals surface area contributed by atoms with Crippen LogP contribution in [0.2, 0.25) is 0 Å². The number of hydrogen-bond acceptors (Lipinski definition) is 3. The van der Waals surface area contributed by atoms with Gasteiger partial charge in [-0.15, -0.1) is 0 Å². The lowest BCUT2D eigenvalue weighted by Crippen LogP contribution is -2.46. The quantitative estimate of drug-likeness (QED) is 0.718. The Morgan fingerprint density at radius 2 is 1.70 bits per heavy atom. The Morgan fingerprint density at radius 3 is 2.44 bits per heavy atom. The minimum atomic E-state index is -0.606. The van der Waals surface area contributed by atoms with Crippen molar-refractivity contribution in [3.8, 4) is 0 Å². The van der Waals surface area contributed by atoms with Gasteiger partial charge in [0, 0.05) is 17.6 Å². The molecule has 0 aliphatic rings. The molecule has 27 heavy (non-hydrogen) atoms. The summed E-state index contributed by atoms with van der Waals surface area (Å²) < 4.78 is 0. The molecule has 0 spiro atoms. The minimum Gasteiger partial charge on any atom is -0.326 e. The summed E-state index contributed by atoms with van der Waals surface area (Å²) in [7, 11) is 0. The van der Waals surface area contributed by atoms with Gasteiger partial charge in [0.25, 0.3) is 5.91 Å². The van der Waals surface area contributed by atoms with E-state index in [0.29, 0.717) is 17.9 Å². The number of benzene rings is 2. The fourth-order valence-corrected chi connectivity index (χ4v) is 2.95. The normalized spacial score (nSPS) is 11.8. The summed E-state index contributed by atoms with van der Waals surface area (Å²) >= 11 is 0. The minimum absolute atomic E-state index is 0.219. The zero-order chi connectivity index (χ0) is 19.2. The van der Waals surface area contributed by atoms with E-state index in [9.17, 15) is 9.59 Å². The predicted octanol–water partition coefficient (Wildman–Crippen LogP) is 4.11. The van der Waals surface area contributed by atoms with Gasteiger partial charge in [-0.3, -0.25) is 9.59 Å². The van der Waals surface area contributed by atoms with Crippen molar-refractivity contribution in [3.63, 3.8) is 0 Å². The summed E-state index contributed by atoms with van der Waals surface area (Å²) in [4.78, 5) is 31.8. The van der Waals surface area contributed by atoms with E-state index in [0.717, 1.165) is 17.3 Å². The van der Waals surface area contributed by atoms with Crippen molar-refractivity contribution >= 4 is 28.4 Å². The Kier molecular flexibility index (Phi) is 5.81. The fraction of sp³-hybridized carbons (Fsp3) is 0.227.